The standard InChI is InChI=1S/C19H14N4O3/c24-17(12-22-18(25)15-7-1-2-8-16(15)19(22)26)21-13-5-3-6-14(11-13)23-10-4-9-20-23/h1-11H,12H2,(H,21,24). The summed E-state index contributed by atoms with van der Waals surface area (Å²) in [5, 5.41) is 6.85. The molecule has 0 radical (unpaired) electrons. The molecule has 1 aliphatic heterocycles. The third kappa shape index (κ3) is 2.75. The summed E-state index contributed by atoms with van der Waals surface area (Å²) in [6, 6.07) is 15.5. The highest BCUT2D eigenvalue weighted by atomic mass is 16.2. The van der Waals surface area contributed by atoms with Crippen LogP contribution in [0.25, 0.3) is 5.69 Å². The Hall–Kier alpha value is -3.74. The smallest absolute Gasteiger partial charge is 0.262 e. The molecule has 0 spiro atoms. The molecule has 0 fully saturated rings. The fourth-order valence-electron chi connectivity index (χ4n) is 2.87. The molecule has 1 aliphatic rings. The van der Waals surface area contributed by atoms with Crippen molar-refractivity contribution in [2.24, 2.45) is 0 Å². The highest BCUT2D eigenvalue weighted by molar-refractivity contribution is 6.22. The number of carbonyl (C=O) groups is 3. The lowest BCUT2D eigenvalue weighted by molar-refractivity contribution is -0.116. The number of imide groups is 1. The summed E-state index contributed by atoms with van der Waals surface area (Å²) in [4.78, 5) is 37.9. The number of anilines is 1. The molecule has 1 aromatic heterocycles. The highest BCUT2D eigenvalue weighted by Crippen LogP contribution is 2.22. The monoisotopic (exact) mass is 346 g/mol. The summed E-state index contributed by atoms with van der Waals surface area (Å²) in [5.74, 6) is -1.35. The maximum Gasteiger partial charge on any atom is 0.262 e. The van der Waals surface area contributed by atoms with Gasteiger partial charge in [-0.15, -0.1) is 0 Å². The number of fused-ring (bicyclic) bond motifs is 1. The SMILES string of the molecule is O=C(CN1C(=O)c2ccccc2C1=O)Nc1cccc(-n2cccn2)c1. The quantitative estimate of drug-likeness (QED) is 0.733. The first-order chi connectivity index (χ1) is 12.6. The van der Waals surface area contributed by atoms with Crippen LogP contribution in [-0.4, -0.2) is 38.9 Å². The molecule has 0 bridgehead atoms. The van der Waals surface area contributed by atoms with E-state index in [9.17, 15) is 14.4 Å². The Kier molecular flexibility index (Phi) is 3.81. The van der Waals surface area contributed by atoms with Crippen molar-refractivity contribution in [2.75, 3.05) is 11.9 Å². The molecule has 0 aliphatic carbocycles. The molecule has 0 saturated carbocycles. The van der Waals surface area contributed by atoms with Crippen LogP contribution in [0.3, 0.4) is 0 Å². The molecule has 3 amide bonds. The van der Waals surface area contributed by atoms with Crippen LogP contribution >= 0.6 is 0 Å². The van der Waals surface area contributed by atoms with Crippen LogP contribution in [0.4, 0.5) is 5.69 Å². The summed E-state index contributed by atoms with van der Waals surface area (Å²) in [6.45, 7) is -0.335. The molecule has 4 rings (SSSR count). The molecule has 2 heterocycles. The van der Waals surface area contributed by atoms with Crippen LogP contribution in [0.1, 0.15) is 20.7 Å². The molecular weight excluding hydrogens is 332 g/mol. The van der Waals surface area contributed by atoms with E-state index in [0.717, 1.165) is 10.6 Å². The van der Waals surface area contributed by atoms with Crippen molar-refractivity contribution in [3.05, 3.63) is 78.1 Å². The molecule has 3 aromatic rings. The predicted octanol–water partition coefficient (Wildman–Crippen LogP) is 2.11. The van der Waals surface area contributed by atoms with Crippen LogP contribution in [0.5, 0.6) is 0 Å². The Morgan fingerprint density at radius 1 is 0.962 bits per heavy atom. The number of amides is 3. The van der Waals surface area contributed by atoms with Gasteiger partial charge >= 0.3 is 0 Å². The zero-order chi connectivity index (χ0) is 18.1. The normalized spacial score (nSPS) is 13.0. The van der Waals surface area contributed by atoms with Crippen molar-refractivity contribution in [3.8, 4) is 5.69 Å². The molecule has 0 atom stereocenters. The molecule has 2 aromatic carbocycles. The van der Waals surface area contributed by atoms with Gasteiger partial charge in [-0.1, -0.05) is 18.2 Å². The van der Waals surface area contributed by atoms with Gasteiger partial charge in [0.15, 0.2) is 0 Å². The number of carbonyl (C=O) groups excluding carboxylic acids is 3. The van der Waals surface area contributed by atoms with Crippen molar-refractivity contribution in [1.29, 1.82) is 0 Å². The van der Waals surface area contributed by atoms with E-state index >= 15 is 0 Å². The van der Waals surface area contributed by atoms with Crippen molar-refractivity contribution in [1.82, 2.24) is 14.7 Å². The summed E-state index contributed by atoms with van der Waals surface area (Å²) in [7, 11) is 0. The zero-order valence-electron chi connectivity index (χ0n) is 13.6. The van der Waals surface area contributed by atoms with Gasteiger partial charge in [0.25, 0.3) is 11.8 Å². The first kappa shape index (κ1) is 15.8. The van der Waals surface area contributed by atoms with E-state index in [-0.39, 0.29) is 6.54 Å². The van der Waals surface area contributed by atoms with Gasteiger partial charge in [-0.3, -0.25) is 19.3 Å². The third-order valence-electron chi connectivity index (χ3n) is 4.08. The fourth-order valence-corrected chi connectivity index (χ4v) is 2.87. The Balaban J connectivity index is 1.48. The Morgan fingerprint density at radius 2 is 1.69 bits per heavy atom. The van der Waals surface area contributed by atoms with Crippen molar-refractivity contribution in [2.45, 2.75) is 0 Å². The summed E-state index contributed by atoms with van der Waals surface area (Å²) < 4.78 is 1.67. The van der Waals surface area contributed by atoms with Crippen LogP contribution < -0.4 is 5.32 Å². The van der Waals surface area contributed by atoms with Crippen molar-refractivity contribution >= 4 is 23.4 Å². The lowest BCUT2D eigenvalue weighted by Crippen LogP contribution is -2.37. The average molecular weight is 346 g/mol. The second-order valence-corrected chi connectivity index (χ2v) is 5.79. The van der Waals surface area contributed by atoms with E-state index in [1.54, 1.807) is 65.6 Å². The van der Waals surface area contributed by atoms with Crippen LogP contribution in [0.2, 0.25) is 0 Å². The minimum atomic E-state index is -0.453. The number of hydrogen-bond acceptors (Lipinski definition) is 4. The molecule has 0 unspecified atom stereocenters. The van der Waals surface area contributed by atoms with Crippen molar-refractivity contribution in [3.63, 3.8) is 0 Å². The number of benzene rings is 2. The van der Waals surface area contributed by atoms with Gasteiger partial charge in [-0.25, -0.2) is 4.68 Å². The third-order valence-corrected chi connectivity index (χ3v) is 4.08. The summed E-state index contributed by atoms with van der Waals surface area (Å²) in [6.07, 6.45) is 3.45. The Labute approximate surface area is 148 Å². The maximum atomic E-state index is 12.3. The molecule has 26 heavy (non-hydrogen) atoms. The van der Waals surface area contributed by atoms with Gasteiger partial charge in [0.1, 0.15) is 6.54 Å². The van der Waals surface area contributed by atoms with Crippen LogP contribution in [-0.2, 0) is 4.79 Å². The van der Waals surface area contributed by atoms with Gasteiger partial charge in [0.2, 0.25) is 5.91 Å². The molecule has 0 saturated heterocycles. The van der Waals surface area contributed by atoms with Crippen LogP contribution in [0.15, 0.2) is 67.0 Å². The number of nitrogens with one attached hydrogen (secondary N) is 1. The molecular formula is C19H14N4O3. The number of aromatic nitrogens is 2. The number of rotatable bonds is 4. The second kappa shape index (κ2) is 6.29. The van der Waals surface area contributed by atoms with Gasteiger partial charge < -0.3 is 5.32 Å². The zero-order valence-corrected chi connectivity index (χ0v) is 13.6. The largest absolute Gasteiger partial charge is 0.324 e. The van der Waals surface area contributed by atoms with Gasteiger partial charge in [0.05, 0.1) is 16.8 Å². The number of hydrogen-bond donors (Lipinski definition) is 1. The minimum Gasteiger partial charge on any atom is -0.324 e. The van der Waals surface area contributed by atoms with Crippen LogP contribution in [0, 0.1) is 0 Å². The Morgan fingerprint density at radius 3 is 2.35 bits per heavy atom. The maximum absolute atomic E-state index is 12.3. The van der Waals surface area contributed by atoms with Crippen molar-refractivity contribution < 1.29 is 14.4 Å². The Bertz CT molecular complexity index is 976. The predicted molar refractivity (Wildman–Crippen MR) is 94.0 cm³/mol. The van der Waals surface area contributed by atoms with E-state index in [0.29, 0.717) is 16.8 Å². The van der Waals surface area contributed by atoms with E-state index < -0.39 is 17.7 Å². The minimum absolute atomic E-state index is 0.325. The molecule has 1 N–H and O–H groups in total. The first-order valence-corrected chi connectivity index (χ1v) is 7.98. The van der Waals surface area contributed by atoms with E-state index in [4.69, 9.17) is 0 Å². The summed E-state index contributed by atoms with van der Waals surface area (Å²) in [5.41, 5.74) is 1.99. The second-order valence-electron chi connectivity index (χ2n) is 5.79. The number of nitrogens with zero attached hydrogens (tertiary/aromatic N) is 3. The van der Waals surface area contributed by atoms with Gasteiger partial charge in [-0.05, 0) is 36.4 Å². The highest BCUT2D eigenvalue weighted by Gasteiger charge is 2.36. The topological polar surface area (TPSA) is 84.3 Å². The van der Waals surface area contributed by atoms with E-state index in [1.807, 2.05) is 6.07 Å². The average Bonchev–Trinajstić information content (AvgIpc) is 3.26. The first-order valence-electron chi connectivity index (χ1n) is 7.98. The molecule has 128 valence electrons. The fraction of sp³-hybridized carbons (Fsp3) is 0.0526. The molecule has 7 nitrogen and oxygen atoms in total. The lowest BCUT2D eigenvalue weighted by Gasteiger charge is -2.14. The van der Waals surface area contributed by atoms with Gasteiger partial charge in [-0.2, -0.15) is 5.10 Å². The van der Waals surface area contributed by atoms with E-state index in [1.165, 1.54) is 0 Å². The van der Waals surface area contributed by atoms with E-state index in [2.05, 4.69) is 10.4 Å². The molecule has 7 heteroatoms. The summed E-state index contributed by atoms with van der Waals surface area (Å²) >= 11 is 0. The van der Waals surface area contributed by atoms with Gasteiger partial charge in [0, 0.05) is 18.1 Å². The lowest BCUT2D eigenvalue weighted by atomic mass is 10.1.